The van der Waals surface area contributed by atoms with E-state index in [9.17, 15) is 8.42 Å². The summed E-state index contributed by atoms with van der Waals surface area (Å²) in [6, 6.07) is 3.66. The summed E-state index contributed by atoms with van der Waals surface area (Å²) in [5, 5.41) is 8.93. The third kappa shape index (κ3) is 2.39. The maximum Gasteiger partial charge on any atom is 0.231 e. The van der Waals surface area contributed by atoms with Crippen LogP contribution in [0.3, 0.4) is 0 Å². The number of nitriles is 1. The molecule has 1 aliphatic heterocycles. The number of hydrogen-bond acceptors (Lipinski definition) is 5. The van der Waals surface area contributed by atoms with Crippen molar-refractivity contribution in [1.29, 1.82) is 5.26 Å². The van der Waals surface area contributed by atoms with Gasteiger partial charge in [-0.05, 0) is 18.1 Å². The Morgan fingerprint density at radius 1 is 1.59 bits per heavy atom. The van der Waals surface area contributed by atoms with Crippen LogP contribution < -0.4 is 4.74 Å². The van der Waals surface area contributed by atoms with Crippen LogP contribution in [0, 0.1) is 11.3 Å². The van der Waals surface area contributed by atoms with E-state index in [2.05, 4.69) is 4.98 Å². The largest absolute Gasteiger partial charge is 0.480 e. The van der Waals surface area contributed by atoms with Crippen molar-refractivity contribution in [2.45, 2.75) is 12.3 Å². The van der Waals surface area contributed by atoms with Gasteiger partial charge in [-0.25, -0.2) is 13.4 Å². The maximum atomic E-state index is 11.4. The molecule has 90 valence electrons. The molecule has 0 saturated carbocycles. The lowest BCUT2D eigenvalue weighted by molar-refractivity contribution is 0.396. The Kier molecular flexibility index (Phi) is 3.03. The van der Waals surface area contributed by atoms with Gasteiger partial charge in [0.15, 0.2) is 9.84 Å². The van der Waals surface area contributed by atoms with E-state index in [4.69, 9.17) is 10.00 Å². The molecular formula is C11H12N2O3S. The molecule has 0 spiro atoms. The molecule has 0 amide bonds. The molecule has 1 fully saturated rings. The predicted octanol–water partition coefficient (Wildman–Crippen LogP) is 0.864. The third-order valence-corrected chi connectivity index (χ3v) is 4.66. The van der Waals surface area contributed by atoms with Gasteiger partial charge in [-0.3, -0.25) is 0 Å². The number of aromatic nitrogens is 1. The Labute approximate surface area is 100.0 Å². The first-order valence-electron chi connectivity index (χ1n) is 5.20. The van der Waals surface area contributed by atoms with Gasteiger partial charge in [0.25, 0.3) is 0 Å². The van der Waals surface area contributed by atoms with E-state index < -0.39 is 9.84 Å². The number of hydrogen-bond donors (Lipinski definition) is 0. The van der Waals surface area contributed by atoms with Gasteiger partial charge < -0.3 is 4.74 Å². The van der Waals surface area contributed by atoms with Gasteiger partial charge in [0.05, 0.1) is 18.6 Å². The molecule has 0 aliphatic carbocycles. The maximum absolute atomic E-state index is 11.4. The molecule has 1 aromatic heterocycles. The van der Waals surface area contributed by atoms with Crippen LogP contribution >= 0.6 is 0 Å². The lowest BCUT2D eigenvalue weighted by atomic mass is 9.99. The summed E-state index contributed by atoms with van der Waals surface area (Å²) in [4.78, 5) is 4.02. The zero-order valence-electron chi connectivity index (χ0n) is 9.38. The van der Waals surface area contributed by atoms with Gasteiger partial charge in [0.2, 0.25) is 5.88 Å². The lowest BCUT2D eigenvalue weighted by Gasteiger charge is -2.09. The van der Waals surface area contributed by atoms with Gasteiger partial charge in [-0.15, -0.1) is 0 Å². The second-order valence-electron chi connectivity index (χ2n) is 4.04. The Morgan fingerprint density at radius 2 is 2.35 bits per heavy atom. The normalized spacial score (nSPS) is 22.0. The first kappa shape index (κ1) is 11.9. The Bertz CT molecular complexity index is 575. The molecule has 2 heterocycles. The van der Waals surface area contributed by atoms with Gasteiger partial charge in [-0.2, -0.15) is 5.26 Å². The number of nitrogens with zero attached hydrogens (tertiary/aromatic N) is 2. The molecule has 17 heavy (non-hydrogen) atoms. The molecule has 5 nitrogen and oxygen atoms in total. The number of rotatable bonds is 2. The summed E-state index contributed by atoms with van der Waals surface area (Å²) < 4.78 is 27.7. The van der Waals surface area contributed by atoms with E-state index in [0.717, 1.165) is 5.56 Å². The smallest absolute Gasteiger partial charge is 0.231 e. The van der Waals surface area contributed by atoms with Crippen LogP contribution in [0.5, 0.6) is 5.88 Å². The SMILES string of the molecule is COc1ncc(C2CCS(=O)(=O)C2)cc1C#N. The zero-order valence-corrected chi connectivity index (χ0v) is 10.2. The van der Waals surface area contributed by atoms with Crippen molar-refractivity contribution < 1.29 is 13.2 Å². The standard InChI is InChI=1S/C11H12N2O3S/c1-16-11-9(5-12)4-10(6-13-11)8-2-3-17(14,15)7-8/h4,6,8H,2-3,7H2,1H3. The molecule has 1 aliphatic rings. The number of sulfone groups is 1. The predicted molar refractivity (Wildman–Crippen MR) is 61.5 cm³/mol. The van der Waals surface area contributed by atoms with Gasteiger partial charge in [0.1, 0.15) is 11.6 Å². The molecule has 1 aromatic rings. The molecule has 1 unspecified atom stereocenters. The minimum atomic E-state index is -2.92. The fourth-order valence-corrected chi connectivity index (χ4v) is 3.77. The van der Waals surface area contributed by atoms with Crippen LogP contribution in [0.2, 0.25) is 0 Å². The summed E-state index contributed by atoms with van der Waals surface area (Å²) in [5.74, 6) is 0.583. The van der Waals surface area contributed by atoms with Crippen molar-refractivity contribution in [2.75, 3.05) is 18.6 Å². The van der Waals surface area contributed by atoms with Crippen molar-refractivity contribution in [3.05, 3.63) is 23.4 Å². The van der Waals surface area contributed by atoms with Gasteiger partial charge in [0, 0.05) is 12.1 Å². The van der Waals surface area contributed by atoms with Crippen LogP contribution in [0.15, 0.2) is 12.3 Å². The molecule has 1 saturated heterocycles. The molecule has 0 radical (unpaired) electrons. The van der Waals surface area contributed by atoms with Crippen LogP contribution in [-0.4, -0.2) is 32.0 Å². The summed E-state index contributed by atoms with van der Waals surface area (Å²) in [6.07, 6.45) is 2.19. The molecular weight excluding hydrogens is 240 g/mol. The Morgan fingerprint density at radius 3 is 2.88 bits per heavy atom. The van der Waals surface area contributed by atoms with Crippen LogP contribution in [0.25, 0.3) is 0 Å². The zero-order chi connectivity index (χ0) is 12.5. The first-order valence-corrected chi connectivity index (χ1v) is 7.02. The minimum Gasteiger partial charge on any atom is -0.480 e. The highest BCUT2D eigenvalue weighted by Crippen LogP contribution is 2.30. The number of ether oxygens (including phenoxy) is 1. The summed E-state index contributed by atoms with van der Waals surface area (Å²) in [7, 11) is -1.47. The van der Waals surface area contributed by atoms with Crippen molar-refractivity contribution in [1.82, 2.24) is 4.98 Å². The number of pyridine rings is 1. The van der Waals surface area contributed by atoms with Gasteiger partial charge in [-0.1, -0.05) is 0 Å². The summed E-state index contributed by atoms with van der Waals surface area (Å²) >= 11 is 0. The topological polar surface area (TPSA) is 80.0 Å². The van der Waals surface area contributed by atoms with Crippen molar-refractivity contribution in [3.8, 4) is 11.9 Å². The van der Waals surface area contributed by atoms with Crippen LogP contribution in [-0.2, 0) is 9.84 Å². The van der Waals surface area contributed by atoms with E-state index >= 15 is 0 Å². The highest BCUT2D eigenvalue weighted by molar-refractivity contribution is 7.91. The average molecular weight is 252 g/mol. The second kappa shape index (κ2) is 4.34. The highest BCUT2D eigenvalue weighted by atomic mass is 32.2. The lowest BCUT2D eigenvalue weighted by Crippen LogP contribution is -2.05. The molecule has 2 rings (SSSR count). The molecule has 1 atom stereocenters. The molecule has 6 heteroatoms. The highest BCUT2D eigenvalue weighted by Gasteiger charge is 2.29. The fourth-order valence-electron chi connectivity index (χ4n) is 1.99. The van der Waals surface area contributed by atoms with Crippen molar-refractivity contribution >= 4 is 9.84 Å². The van der Waals surface area contributed by atoms with E-state index in [1.165, 1.54) is 7.11 Å². The molecule has 0 bridgehead atoms. The fraction of sp³-hybridized carbons (Fsp3) is 0.455. The van der Waals surface area contributed by atoms with E-state index in [-0.39, 0.29) is 23.3 Å². The van der Waals surface area contributed by atoms with Crippen LogP contribution in [0.1, 0.15) is 23.5 Å². The number of methoxy groups -OCH3 is 1. The molecule has 0 aromatic carbocycles. The van der Waals surface area contributed by atoms with Crippen molar-refractivity contribution in [2.24, 2.45) is 0 Å². The molecule has 0 N–H and O–H groups in total. The second-order valence-corrected chi connectivity index (χ2v) is 6.27. The minimum absolute atomic E-state index is 0.0505. The third-order valence-electron chi connectivity index (χ3n) is 2.89. The summed E-state index contributed by atoms with van der Waals surface area (Å²) in [6.45, 7) is 0. The van der Waals surface area contributed by atoms with E-state index in [1.54, 1.807) is 12.3 Å². The Balaban J connectivity index is 2.33. The quantitative estimate of drug-likeness (QED) is 0.780. The summed E-state index contributed by atoms with van der Waals surface area (Å²) in [5.41, 5.74) is 1.14. The van der Waals surface area contributed by atoms with E-state index in [1.807, 2.05) is 6.07 Å². The van der Waals surface area contributed by atoms with Gasteiger partial charge >= 0.3 is 0 Å². The average Bonchev–Trinajstić information content (AvgIpc) is 2.68. The first-order chi connectivity index (χ1) is 8.05. The van der Waals surface area contributed by atoms with E-state index in [0.29, 0.717) is 12.0 Å². The Hall–Kier alpha value is -1.61. The van der Waals surface area contributed by atoms with Crippen LogP contribution in [0.4, 0.5) is 0 Å². The monoisotopic (exact) mass is 252 g/mol. The van der Waals surface area contributed by atoms with Crippen molar-refractivity contribution in [3.63, 3.8) is 0 Å².